The van der Waals surface area contributed by atoms with E-state index in [0.29, 0.717) is 38.1 Å². The van der Waals surface area contributed by atoms with Gasteiger partial charge in [-0.25, -0.2) is 4.21 Å². The van der Waals surface area contributed by atoms with Crippen LogP contribution in [0.3, 0.4) is 0 Å². The van der Waals surface area contributed by atoms with Gasteiger partial charge < -0.3 is 10.5 Å². The number of hydrogen-bond donors (Lipinski definition) is 2. The van der Waals surface area contributed by atoms with Crippen molar-refractivity contribution in [3.05, 3.63) is 70.8 Å². The van der Waals surface area contributed by atoms with E-state index in [1.54, 1.807) is 18.2 Å². The normalized spacial score (nSPS) is 21.9. The second kappa shape index (κ2) is 13.6. The third-order valence-corrected chi connectivity index (χ3v) is 7.57. The molecule has 2 aromatic rings. The molecule has 14 heteroatoms. The van der Waals surface area contributed by atoms with E-state index in [4.69, 9.17) is 14.7 Å². The largest absolute Gasteiger partial charge is 0.416 e. The van der Waals surface area contributed by atoms with E-state index in [1.165, 1.54) is 13.2 Å². The van der Waals surface area contributed by atoms with Crippen molar-refractivity contribution in [1.82, 2.24) is 10.2 Å². The number of likely N-dealkylation sites (tertiary alicyclic amines) is 1. The lowest BCUT2D eigenvalue weighted by Crippen LogP contribution is -2.58. The number of nitrogens with two attached hydrogens (primary N) is 1. The van der Waals surface area contributed by atoms with Gasteiger partial charge in [0.25, 0.3) is 0 Å². The monoisotopic (exact) mass is 609 g/mol. The molecule has 0 radical (unpaired) electrons. The molecule has 228 valence electrons. The first-order chi connectivity index (χ1) is 19.1. The van der Waals surface area contributed by atoms with Gasteiger partial charge in [-0.05, 0) is 55.0 Å². The van der Waals surface area contributed by atoms with Gasteiger partial charge in [-0.15, -0.1) is 0 Å². The first-order valence-corrected chi connectivity index (χ1v) is 14.3. The van der Waals surface area contributed by atoms with E-state index in [-0.39, 0.29) is 37.4 Å². The molecule has 2 aromatic carbocycles. The molecular weight excluding hydrogens is 576 g/mol. The van der Waals surface area contributed by atoms with Gasteiger partial charge in [-0.2, -0.15) is 26.3 Å². The Morgan fingerprint density at radius 3 is 2.27 bits per heavy atom. The summed E-state index contributed by atoms with van der Waals surface area (Å²) in [5, 5.41) is 3.06. The van der Waals surface area contributed by atoms with Gasteiger partial charge in [-0.1, -0.05) is 30.3 Å². The van der Waals surface area contributed by atoms with Crippen LogP contribution in [0.4, 0.5) is 26.3 Å². The molecule has 1 heterocycles. The van der Waals surface area contributed by atoms with Crippen LogP contribution in [0.15, 0.2) is 48.5 Å². The lowest BCUT2D eigenvalue weighted by molar-refractivity contribution is -0.143. The van der Waals surface area contributed by atoms with Gasteiger partial charge in [0.15, 0.2) is 11.1 Å². The summed E-state index contributed by atoms with van der Waals surface area (Å²) < 4.78 is 103. The minimum atomic E-state index is -4.98. The van der Waals surface area contributed by atoms with Crippen LogP contribution >= 0.6 is 0 Å². The van der Waals surface area contributed by atoms with Crippen molar-refractivity contribution in [1.29, 1.82) is 0 Å². The van der Waals surface area contributed by atoms with Gasteiger partial charge in [0.05, 0.1) is 35.9 Å². The third kappa shape index (κ3) is 8.98. The lowest BCUT2D eigenvalue weighted by Gasteiger charge is -2.50. The predicted molar refractivity (Wildman–Crippen MR) is 140 cm³/mol. The quantitative estimate of drug-likeness (QED) is 0.205. The number of alkyl halides is 6. The molecule has 1 amide bonds. The Morgan fingerprint density at radius 2 is 1.73 bits per heavy atom. The number of nitrogens with zero attached hydrogens (tertiary/aromatic N) is 1. The van der Waals surface area contributed by atoms with Crippen molar-refractivity contribution in [2.45, 2.75) is 43.8 Å². The Labute approximate surface area is 237 Å². The van der Waals surface area contributed by atoms with E-state index in [9.17, 15) is 35.3 Å². The number of nitrogens with one attached hydrogen (secondary N) is 1. The minimum Gasteiger partial charge on any atom is -0.372 e. The van der Waals surface area contributed by atoms with Gasteiger partial charge in [0, 0.05) is 19.3 Å². The molecule has 1 aliphatic rings. The molecule has 0 aromatic heterocycles. The highest BCUT2D eigenvalue weighted by Crippen LogP contribution is 2.42. The molecule has 4 atom stereocenters. The molecule has 1 unspecified atom stereocenters. The van der Waals surface area contributed by atoms with Crippen LogP contribution in [-0.4, -0.2) is 54.2 Å². The van der Waals surface area contributed by atoms with Crippen molar-refractivity contribution < 1.29 is 44.3 Å². The van der Waals surface area contributed by atoms with Crippen molar-refractivity contribution in [3.63, 3.8) is 0 Å². The highest BCUT2D eigenvalue weighted by Gasteiger charge is 2.44. The highest BCUT2D eigenvalue weighted by atomic mass is 32.2. The number of primary amides is 1. The topological polar surface area (TPSA) is 93.9 Å². The summed E-state index contributed by atoms with van der Waals surface area (Å²) in [6.45, 7) is 2.05. The molecule has 7 nitrogen and oxygen atoms in total. The molecule has 1 saturated heterocycles. The van der Waals surface area contributed by atoms with Crippen LogP contribution in [0.5, 0.6) is 0 Å². The Morgan fingerprint density at radius 1 is 1.12 bits per heavy atom. The summed E-state index contributed by atoms with van der Waals surface area (Å²) in [5.41, 5.74) is 2.30. The maximum Gasteiger partial charge on any atom is 0.416 e. The zero-order valence-corrected chi connectivity index (χ0v) is 23.4. The summed E-state index contributed by atoms with van der Waals surface area (Å²) in [7, 11) is 0. The van der Waals surface area contributed by atoms with E-state index >= 15 is 0 Å². The maximum absolute atomic E-state index is 13.4. The smallest absolute Gasteiger partial charge is 0.372 e. The second-order valence-electron chi connectivity index (χ2n) is 10.1. The molecule has 0 spiro atoms. The maximum atomic E-state index is 13.4. The van der Waals surface area contributed by atoms with Crippen LogP contribution in [0.1, 0.15) is 48.1 Å². The zero-order valence-electron chi connectivity index (χ0n) is 22.6. The number of piperidine rings is 1. The van der Waals surface area contributed by atoms with E-state index in [0.717, 1.165) is 5.56 Å². The molecule has 0 saturated carbocycles. The van der Waals surface area contributed by atoms with Crippen LogP contribution in [0, 0.1) is 5.92 Å². The number of ether oxygens (including phenoxy) is 1. The molecule has 1 aliphatic heterocycles. The van der Waals surface area contributed by atoms with E-state index in [1.807, 2.05) is 17.0 Å². The summed E-state index contributed by atoms with van der Waals surface area (Å²) in [6.07, 6.45) is -8.60. The summed E-state index contributed by atoms with van der Waals surface area (Å²) in [4.78, 5) is 14.0. The van der Waals surface area contributed by atoms with Crippen molar-refractivity contribution in [2.24, 2.45) is 11.7 Å². The molecule has 3 N–H and O–H groups in total. The third-order valence-electron chi connectivity index (χ3n) is 7.12. The number of amides is 1. The lowest BCUT2D eigenvalue weighted by atomic mass is 9.77. The first kappa shape index (κ1) is 33.0. The molecule has 1 fully saturated rings. The Bertz CT molecular complexity index is 1170. The fourth-order valence-electron chi connectivity index (χ4n) is 5.03. The van der Waals surface area contributed by atoms with Crippen molar-refractivity contribution >= 4 is 17.0 Å². The van der Waals surface area contributed by atoms with Gasteiger partial charge in [0.1, 0.15) is 6.73 Å². The number of benzene rings is 2. The van der Waals surface area contributed by atoms with Crippen LogP contribution in [0.2, 0.25) is 0 Å². The average Bonchev–Trinajstić information content (AvgIpc) is 2.89. The van der Waals surface area contributed by atoms with E-state index in [2.05, 4.69) is 5.32 Å². The van der Waals surface area contributed by atoms with Crippen LogP contribution in [0.25, 0.3) is 0 Å². The molecule has 0 aliphatic carbocycles. The zero-order chi connectivity index (χ0) is 30.4. The summed E-state index contributed by atoms with van der Waals surface area (Å²) in [5.74, 6) is -0.570. The molecule has 0 bridgehead atoms. The molecule has 41 heavy (non-hydrogen) atoms. The number of rotatable bonds is 12. The Hall–Kier alpha value is -2.52. The first-order valence-electron chi connectivity index (χ1n) is 12.8. The SMILES string of the molecule is C[C@@H](OC[C@@]1(c2ccccc2)CC[C@H](CNCOS(C)=O)CN1CC(N)=O)c1cc(C(F)(F)F)cc(C(F)(F)F)c1. The Balaban J connectivity index is 1.90. The predicted octanol–water partition coefficient (Wildman–Crippen LogP) is 4.75. The number of carbonyl (C=O) groups is 1. The molecular formula is C27H33F6N3O4S. The van der Waals surface area contributed by atoms with Crippen LogP contribution < -0.4 is 11.1 Å². The standard InChI is InChI=1S/C27H33F6N3O4S/c1-18(20-10-22(26(28,29)30)12-23(11-20)27(31,32)33)39-16-25(21-6-4-3-5-7-21)9-8-19(13-35-17-40-41(2)38)14-36(25)15-24(34)37/h3-7,10-12,18-19,35H,8-9,13-17H2,1-2H3,(H2,34,37)/t18-,19-,25-,41?/m1/s1. The average molecular weight is 610 g/mol. The molecule has 3 rings (SSSR count). The van der Waals surface area contributed by atoms with Gasteiger partial charge in [-0.3, -0.25) is 19.2 Å². The van der Waals surface area contributed by atoms with Gasteiger partial charge >= 0.3 is 12.4 Å². The van der Waals surface area contributed by atoms with E-state index < -0.39 is 52.1 Å². The van der Waals surface area contributed by atoms with Gasteiger partial charge in [0.2, 0.25) is 5.91 Å². The summed E-state index contributed by atoms with van der Waals surface area (Å²) in [6, 6.07) is 10.4. The summed E-state index contributed by atoms with van der Waals surface area (Å²) >= 11 is -1.44. The fourth-order valence-corrected chi connectivity index (χ4v) is 5.28. The highest BCUT2D eigenvalue weighted by molar-refractivity contribution is 7.79. The number of carbonyl (C=O) groups excluding carboxylic acids is 1. The second-order valence-corrected chi connectivity index (χ2v) is 11.1. The van der Waals surface area contributed by atoms with Crippen molar-refractivity contribution in [2.75, 3.05) is 39.2 Å². The number of hydrogen-bond acceptors (Lipinski definition) is 6. The fraction of sp³-hybridized carbons (Fsp3) is 0.519. The minimum absolute atomic E-state index is 0.0373. The van der Waals surface area contributed by atoms with Crippen molar-refractivity contribution in [3.8, 4) is 0 Å². The Kier molecular flexibility index (Phi) is 11.0. The van der Waals surface area contributed by atoms with Crippen LogP contribution in [-0.2, 0) is 42.7 Å². The number of halogens is 6.